The Hall–Kier alpha value is -1.35. The fraction of sp³-hybridized carbons (Fsp3) is 0.462. The molecule has 3 nitrogen and oxygen atoms in total. The number of aliphatic hydroxyl groups is 1. The van der Waals surface area contributed by atoms with Crippen LogP contribution < -0.4 is 4.90 Å². The standard InChI is InChI=1S/C13H19NO2/c1-10(2)13(16)14(8-9-15)12-7-5-4-6-11(12)3/h4-7,10,15H,8-9H2,1-3H3. The first-order chi connectivity index (χ1) is 7.57. The Kier molecular flexibility index (Phi) is 4.50. The number of amides is 1. The van der Waals surface area contributed by atoms with Crippen molar-refractivity contribution in [2.45, 2.75) is 20.8 Å². The van der Waals surface area contributed by atoms with Crippen LogP contribution >= 0.6 is 0 Å². The summed E-state index contributed by atoms with van der Waals surface area (Å²) in [6.45, 7) is 6.03. The molecule has 0 bridgehead atoms. The van der Waals surface area contributed by atoms with E-state index in [1.54, 1.807) is 4.90 Å². The minimum Gasteiger partial charge on any atom is -0.395 e. The number of aliphatic hydroxyl groups excluding tert-OH is 1. The molecule has 1 rings (SSSR count). The van der Waals surface area contributed by atoms with Crippen molar-refractivity contribution in [2.24, 2.45) is 5.92 Å². The molecule has 0 aliphatic carbocycles. The molecule has 1 aromatic carbocycles. The monoisotopic (exact) mass is 221 g/mol. The van der Waals surface area contributed by atoms with Crippen molar-refractivity contribution < 1.29 is 9.90 Å². The van der Waals surface area contributed by atoms with Crippen molar-refractivity contribution >= 4 is 11.6 Å². The van der Waals surface area contributed by atoms with E-state index in [0.29, 0.717) is 6.54 Å². The lowest BCUT2D eigenvalue weighted by Gasteiger charge is -2.25. The number of carbonyl (C=O) groups excluding carboxylic acids is 1. The lowest BCUT2D eigenvalue weighted by Crippen LogP contribution is -2.36. The zero-order valence-electron chi connectivity index (χ0n) is 10.1. The number of para-hydroxylation sites is 1. The SMILES string of the molecule is Cc1ccccc1N(CCO)C(=O)C(C)C. The predicted octanol–water partition coefficient (Wildman–Crippen LogP) is 1.98. The third-order valence-electron chi connectivity index (χ3n) is 2.49. The van der Waals surface area contributed by atoms with Crippen LogP contribution in [0.3, 0.4) is 0 Å². The van der Waals surface area contributed by atoms with E-state index < -0.39 is 0 Å². The van der Waals surface area contributed by atoms with Gasteiger partial charge in [0.05, 0.1) is 6.61 Å². The molecule has 1 amide bonds. The Morgan fingerprint density at radius 3 is 2.50 bits per heavy atom. The lowest BCUT2D eigenvalue weighted by molar-refractivity contribution is -0.121. The molecule has 16 heavy (non-hydrogen) atoms. The summed E-state index contributed by atoms with van der Waals surface area (Å²) >= 11 is 0. The first-order valence-corrected chi connectivity index (χ1v) is 5.55. The summed E-state index contributed by atoms with van der Waals surface area (Å²) in [5.41, 5.74) is 1.93. The summed E-state index contributed by atoms with van der Waals surface area (Å²) in [6, 6.07) is 7.72. The van der Waals surface area contributed by atoms with Gasteiger partial charge in [0.15, 0.2) is 0 Å². The summed E-state index contributed by atoms with van der Waals surface area (Å²) < 4.78 is 0. The molecule has 0 aromatic heterocycles. The molecule has 0 atom stereocenters. The van der Waals surface area contributed by atoms with Gasteiger partial charge in [-0.2, -0.15) is 0 Å². The Morgan fingerprint density at radius 1 is 1.38 bits per heavy atom. The summed E-state index contributed by atoms with van der Waals surface area (Å²) in [5.74, 6) is -0.0190. The normalized spacial score (nSPS) is 10.6. The highest BCUT2D eigenvalue weighted by Gasteiger charge is 2.19. The second-order valence-corrected chi connectivity index (χ2v) is 4.15. The minimum atomic E-state index is -0.0637. The third-order valence-corrected chi connectivity index (χ3v) is 2.49. The number of rotatable bonds is 4. The van der Waals surface area contributed by atoms with E-state index in [0.717, 1.165) is 11.3 Å². The first-order valence-electron chi connectivity index (χ1n) is 5.55. The second kappa shape index (κ2) is 5.66. The van der Waals surface area contributed by atoms with Gasteiger partial charge in [0, 0.05) is 18.2 Å². The van der Waals surface area contributed by atoms with Crippen LogP contribution in [0.15, 0.2) is 24.3 Å². The van der Waals surface area contributed by atoms with Crippen LogP contribution in [-0.2, 0) is 4.79 Å². The molecule has 3 heteroatoms. The van der Waals surface area contributed by atoms with Crippen molar-refractivity contribution in [3.63, 3.8) is 0 Å². The fourth-order valence-corrected chi connectivity index (χ4v) is 1.63. The van der Waals surface area contributed by atoms with Crippen LogP contribution in [0.4, 0.5) is 5.69 Å². The Morgan fingerprint density at radius 2 is 2.00 bits per heavy atom. The summed E-state index contributed by atoms with van der Waals surface area (Å²) in [4.78, 5) is 13.7. The lowest BCUT2D eigenvalue weighted by atomic mass is 10.1. The number of hydrogen-bond acceptors (Lipinski definition) is 2. The quantitative estimate of drug-likeness (QED) is 0.844. The summed E-state index contributed by atoms with van der Waals surface area (Å²) in [5, 5.41) is 9.03. The van der Waals surface area contributed by atoms with E-state index in [9.17, 15) is 4.79 Å². The van der Waals surface area contributed by atoms with Crippen LogP contribution in [0.2, 0.25) is 0 Å². The largest absolute Gasteiger partial charge is 0.395 e. The zero-order valence-corrected chi connectivity index (χ0v) is 10.1. The highest BCUT2D eigenvalue weighted by atomic mass is 16.3. The maximum absolute atomic E-state index is 12.0. The van der Waals surface area contributed by atoms with Crippen LogP contribution in [0, 0.1) is 12.8 Å². The number of hydrogen-bond donors (Lipinski definition) is 1. The van der Waals surface area contributed by atoms with Gasteiger partial charge in [-0.3, -0.25) is 4.79 Å². The van der Waals surface area contributed by atoms with Gasteiger partial charge in [-0.05, 0) is 18.6 Å². The number of carbonyl (C=O) groups is 1. The predicted molar refractivity (Wildman–Crippen MR) is 65.5 cm³/mol. The highest BCUT2D eigenvalue weighted by molar-refractivity contribution is 5.95. The molecule has 88 valence electrons. The first kappa shape index (κ1) is 12.7. The Labute approximate surface area is 96.7 Å². The van der Waals surface area contributed by atoms with Crippen LogP contribution in [0.25, 0.3) is 0 Å². The smallest absolute Gasteiger partial charge is 0.229 e. The van der Waals surface area contributed by atoms with Crippen LogP contribution in [0.1, 0.15) is 19.4 Å². The molecular weight excluding hydrogens is 202 g/mol. The van der Waals surface area contributed by atoms with E-state index in [2.05, 4.69) is 0 Å². The van der Waals surface area contributed by atoms with Gasteiger partial charge in [-0.1, -0.05) is 32.0 Å². The average molecular weight is 221 g/mol. The van der Waals surface area contributed by atoms with Gasteiger partial charge < -0.3 is 10.0 Å². The highest BCUT2D eigenvalue weighted by Crippen LogP contribution is 2.20. The summed E-state index contributed by atoms with van der Waals surface area (Å²) in [7, 11) is 0. The molecule has 0 unspecified atom stereocenters. The van der Waals surface area contributed by atoms with E-state index in [-0.39, 0.29) is 18.4 Å². The number of benzene rings is 1. The maximum Gasteiger partial charge on any atom is 0.229 e. The Balaban J connectivity index is 3.03. The van der Waals surface area contributed by atoms with Gasteiger partial charge in [0.1, 0.15) is 0 Å². The second-order valence-electron chi connectivity index (χ2n) is 4.15. The molecule has 0 spiro atoms. The van der Waals surface area contributed by atoms with E-state index in [1.807, 2.05) is 45.0 Å². The van der Waals surface area contributed by atoms with E-state index in [1.165, 1.54) is 0 Å². The fourth-order valence-electron chi connectivity index (χ4n) is 1.63. The number of aryl methyl sites for hydroxylation is 1. The molecule has 0 heterocycles. The van der Waals surface area contributed by atoms with Gasteiger partial charge in [-0.15, -0.1) is 0 Å². The molecule has 1 aromatic rings. The molecule has 1 N–H and O–H groups in total. The molecule has 0 fully saturated rings. The van der Waals surface area contributed by atoms with Crippen molar-refractivity contribution in [3.8, 4) is 0 Å². The molecule has 0 aliphatic rings. The number of nitrogens with zero attached hydrogens (tertiary/aromatic N) is 1. The molecule has 0 saturated heterocycles. The van der Waals surface area contributed by atoms with Crippen molar-refractivity contribution in [1.82, 2.24) is 0 Å². The maximum atomic E-state index is 12.0. The van der Waals surface area contributed by atoms with Gasteiger partial charge in [0.25, 0.3) is 0 Å². The van der Waals surface area contributed by atoms with Crippen LogP contribution in [0.5, 0.6) is 0 Å². The van der Waals surface area contributed by atoms with Crippen molar-refractivity contribution in [1.29, 1.82) is 0 Å². The van der Waals surface area contributed by atoms with E-state index >= 15 is 0 Å². The molecular formula is C13H19NO2. The van der Waals surface area contributed by atoms with Crippen molar-refractivity contribution in [2.75, 3.05) is 18.1 Å². The van der Waals surface area contributed by atoms with E-state index in [4.69, 9.17) is 5.11 Å². The molecule has 0 radical (unpaired) electrons. The van der Waals surface area contributed by atoms with Crippen LogP contribution in [-0.4, -0.2) is 24.2 Å². The minimum absolute atomic E-state index is 0.0210. The summed E-state index contributed by atoms with van der Waals surface area (Å²) in [6.07, 6.45) is 0. The van der Waals surface area contributed by atoms with Gasteiger partial charge in [0.2, 0.25) is 5.91 Å². The zero-order chi connectivity index (χ0) is 12.1. The topological polar surface area (TPSA) is 40.5 Å². The average Bonchev–Trinajstić information content (AvgIpc) is 2.26. The Bertz CT molecular complexity index is 361. The van der Waals surface area contributed by atoms with Crippen molar-refractivity contribution in [3.05, 3.63) is 29.8 Å². The third kappa shape index (κ3) is 2.83. The van der Waals surface area contributed by atoms with Gasteiger partial charge >= 0.3 is 0 Å². The number of anilines is 1. The molecule has 0 saturated carbocycles. The van der Waals surface area contributed by atoms with Gasteiger partial charge in [-0.25, -0.2) is 0 Å². The molecule has 0 aliphatic heterocycles.